The maximum atomic E-state index is 12.2. The lowest BCUT2D eigenvalue weighted by atomic mass is 10.2. The van der Waals surface area contributed by atoms with Crippen LogP contribution in [0.2, 0.25) is 0 Å². The van der Waals surface area contributed by atoms with Crippen molar-refractivity contribution in [3.8, 4) is 0 Å². The number of benzene rings is 1. The van der Waals surface area contributed by atoms with Crippen molar-refractivity contribution in [2.24, 2.45) is 12.8 Å². The maximum Gasteiger partial charge on any atom is 0.253 e. The molecule has 1 aliphatic heterocycles. The van der Waals surface area contributed by atoms with Gasteiger partial charge in [-0.15, -0.1) is 12.4 Å². The first-order valence-corrected chi connectivity index (χ1v) is 7.66. The SMILES string of the molecule is Cl.Cn1cc(Nc2cccc(NC(=O)[C@@H]3CC[C@H](CN)O3)c2)cn1. The van der Waals surface area contributed by atoms with E-state index in [-0.39, 0.29) is 24.4 Å². The van der Waals surface area contributed by atoms with Crippen LogP contribution in [0.25, 0.3) is 0 Å². The van der Waals surface area contributed by atoms with E-state index in [1.54, 1.807) is 10.9 Å². The zero-order chi connectivity index (χ0) is 16.2. The van der Waals surface area contributed by atoms with Crippen LogP contribution in [0.15, 0.2) is 36.7 Å². The van der Waals surface area contributed by atoms with Crippen LogP contribution in [0.5, 0.6) is 0 Å². The average Bonchev–Trinajstić information content (AvgIpc) is 3.16. The number of ether oxygens (including phenoxy) is 1. The van der Waals surface area contributed by atoms with Gasteiger partial charge < -0.3 is 21.1 Å². The Bertz CT molecular complexity index is 691. The summed E-state index contributed by atoms with van der Waals surface area (Å²) in [7, 11) is 1.86. The molecular formula is C16H22ClN5O2. The van der Waals surface area contributed by atoms with E-state index in [9.17, 15) is 4.79 Å². The van der Waals surface area contributed by atoms with E-state index in [0.29, 0.717) is 13.0 Å². The Morgan fingerprint density at radius 1 is 1.38 bits per heavy atom. The zero-order valence-electron chi connectivity index (χ0n) is 13.4. The van der Waals surface area contributed by atoms with Crippen LogP contribution in [0.1, 0.15) is 12.8 Å². The lowest BCUT2D eigenvalue weighted by molar-refractivity contribution is -0.126. The Kier molecular flexibility index (Phi) is 6.19. The molecule has 1 amide bonds. The van der Waals surface area contributed by atoms with Gasteiger partial charge in [-0.25, -0.2) is 0 Å². The molecule has 0 aliphatic carbocycles. The topological polar surface area (TPSA) is 94.2 Å². The highest BCUT2D eigenvalue weighted by Crippen LogP contribution is 2.23. The Hall–Kier alpha value is -2.09. The largest absolute Gasteiger partial charge is 0.364 e. The average molecular weight is 352 g/mol. The van der Waals surface area contributed by atoms with E-state index in [1.807, 2.05) is 37.5 Å². The van der Waals surface area contributed by atoms with Crippen molar-refractivity contribution < 1.29 is 9.53 Å². The lowest BCUT2D eigenvalue weighted by Gasteiger charge is -2.13. The Labute approximate surface area is 147 Å². The first kappa shape index (κ1) is 18.3. The zero-order valence-corrected chi connectivity index (χ0v) is 14.3. The van der Waals surface area contributed by atoms with Crippen LogP contribution in [-0.2, 0) is 16.6 Å². The van der Waals surface area contributed by atoms with Crippen LogP contribution in [0.3, 0.4) is 0 Å². The molecular weight excluding hydrogens is 330 g/mol. The summed E-state index contributed by atoms with van der Waals surface area (Å²) in [5, 5.41) is 10.2. The number of carbonyl (C=O) groups is 1. The molecule has 2 atom stereocenters. The fourth-order valence-electron chi connectivity index (χ4n) is 2.62. The van der Waals surface area contributed by atoms with Gasteiger partial charge in [0.25, 0.3) is 5.91 Å². The molecule has 1 saturated heterocycles. The van der Waals surface area contributed by atoms with Crippen LogP contribution < -0.4 is 16.4 Å². The fraction of sp³-hybridized carbons (Fsp3) is 0.375. The molecule has 4 N–H and O–H groups in total. The molecule has 7 nitrogen and oxygen atoms in total. The minimum absolute atomic E-state index is 0. The Morgan fingerprint density at radius 3 is 2.83 bits per heavy atom. The van der Waals surface area contributed by atoms with Crippen LogP contribution in [-0.4, -0.2) is 34.4 Å². The molecule has 8 heteroatoms. The van der Waals surface area contributed by atoms with Crippen molar-refractivity contribution >= 4 is 35.4 Å². The van der Waals surface area contributed by atoms with Gasteiger partial charge in [-0.3, -0.25) is 9.48 Å². The highest BCUT2D eigenvalue weighted by atomic mass is 35.5. The van der Waals surface area contributed by atoms with Gasteiger partial charge in [-0.05, 0) is 31.0 Å². The molecule has 2 aromatic rings. The first-order chi connectivity index (χ1) is 11.1. The second-order valence-corrected chi connectivity index (χ2v) is 5.66. The first-order valence-electron chi connectivity index (χ1n) is 7.66. The number of aryl methyl sites for hydroxylation is 1. The van der Waals surface area contributed by atoms with E-state index in [0.717, 1.165) is 23.5 Å². The summed E-state index contributed by atoms with van der Waals surface area (Å²) >= 11 is 0. The molecule has 0 radical (unpaired) electrons. The number of aromatic nitrogens is 2. The molecule has 1 fully saturated rings. The highest BCUT2D eigenvalue weighted by molar-refractivity contribution is 5.94. The van der Waals surface area contributed by atoms with Gasteiger partial charge in [0.15, 0.2) is 0 Å². The number of halogens is 1. The van der Waals surface area contributed by atoms with Gasteiger partial charge >= 0.3 is 0 Å². The molecule has 0 bridgehead atoms. The van der Waals surface area contributed by atoms with Crippen molar-refractivity contribution in [3.63, 3.8) is 0 Å². The third-order valence-electron chi connectivity index (χ3n) is 3.79. The summed E-state index contributed by atoms with van der Waals surface area (Å²) in [5.41, 5.74) is 8.06. The van der Waals surface area contributed by atoms with Crippen molar-refractivity contribution in [1.82, 2.24) is 9.78 Å². The normalized spacial score (nSPS) is 19.6. The number of anilines is 3. The summed E-state index contributed by atoms with van der Waals surface area (Å²) in [6, 6.07) is 7.54. The molecule has 130 valence electrons. The van der Waals surface area contributed by atoms with Gasteiger partial charge in [0.1, 0.15) is 6.10 Å². The number of hydrogen-bond donors (Lipinski definition) is 3. The van der Waals surface area contributed by atoms with Gasteiger partial charge in [0.2, 0.25) is 0 Å². The molecule has 0 saturated carbocycles. The second-order valence-electron chi connectivity index (χ2n) is 5.66. The van der Waals surface area contributed by atoms with Crippen molar-refractivity contribution in [3.05, 3.63) is 36.7 Å². The van der Waals surface area contributed by atoms with E-state index in [4.69, 9.17) is 10.5 Å². The van der Waals surface area contributed by atoms with E-state index >= 15 is 0 Å². The standard InChI is InChI=1S/C16H21N5O2.ClH/c1-21-10-13(9-18-21)19-11-3-2-4-12(7-11)20-16(22)15-6-5-14(8-17)23-15;/h2-4,7,9-10,14-15,19H,5-6,8,17H2,1H3,(H,20,22);1H/t14-,15+;/m1./s1. The summed E-state index contributed by atoms with van der Waals surface area (Å²) in [4.78, 5) is 12.2. The van der Waals surface area contributed by atoms with E-state index in [1.165, 1.54) is 0 Å². The van der Waals surface area contributed by atoms with Crippen molar-refractivity contribution in [2.45, 2.75) is 25.0 Å². The van der Waals surface area contributed by atoms with Crippen molar-refractivity contribution in [1.29, 1.82) is 0 Å². The van der Waals surface area contributed by atoms with E-state index < -0.39 is 6.10 Å². The minimum atomic E-state index is -0.418. The summed E-state index contributed by atoms with van der Waals surface area (Å²) in [6.07, 6.45) is 4.73. The van der Waals surface area contributed by atoms with Gasteiger partial charge in [0.05, 0.1) is 18.0 Å². The summed E-state index contributed by atoms with van der Waals surface area (Å²) in [6.45, 7) is 0.453. The predicted molar refractivity (Wildman–Crippen MR) is 95.8 cm³/mol. The Morgan fingerprint density at radius 2 is 2.17 bits per heavy atom. The van der Waals surface area contributed by atoms with E-state index in [2.05, 4.69) is 15.7 Å². The smallest absolute Gasteiger partial charge is 0.253 e. The van der Waals surface area contributed by atoms with Gasteiger partial charge in [-0.1, -0.05) is 6.07 Å². The number of nitrogens with two attached hydrogens (primary N) is 1. The summed E-state index contributed by atoms with van der Waals surface area (Å²) in [5.74, 6) is -0.125. The number of carbonyl (C=O) groups excluding carboxylic acids is 1. The van der Waals surface area contributed by atoms with Crippen molar-refractivity contribution in [2.75, 3.05) is 17.2 Å². The monoisotopic (exact) mass is 351 g/mol. The summed E-state index contributed by atoms with van der Waals surface area (Å²) < 4.78 is 7.33. The molecule has 0 unspecified atom stereocenters. The number of nitrogens with one attached hydrogen (secondary N) is 2. The van der Waals surface area contributed by atoms with Crippen LogP contribution >= 0.6 is 12.4 Å². The predicted octanol–water partition coefficient (Wildman–Crippen LogP) is 2.03. The quantitative estimate of drug-likeness (QED) is 0.766. The number of rotatable bonds is 5. The second kappa shape index (κ2) is 8.14. The minimum Gasteiger partial charge on any atom is -0.364 e. The maximum absolute atomic E-state index is 12.2. The van der Waals surface area contributed by atoms with Crippen LogP contribution in [0, 0.1) is 0 Å². The lowest BCUT2D eigenvalue weighted by Crippen LogP contribution is -2.29. The molecule has 1 aromatic carbocycles. The number of nitrogens with zero attached hydrogens (tertiary/aromatic N) is 2. The van der Waals surface area contributed by atoms with Crippen LogP contribution in [0.4, 0.5) is 17.1 Å². The Balaban J connectivity index is 0.00000208. The molecule has 3 rings (SSSR count). The molecule has 1 aromatic heterocycles. The van der Waals surface area contributed by atoms with Gasteiger partial charge in [0, 0.05) is 31.2 Å². The highest BCUT2D eigenvalue weighted by Gasteiger charge is 2.29. The third kappa shape index (κ3) is 4.47. The molecule has 0 spiro atoms. The molecule has 2 heterocycles. The fourth-order valence-corrected chi connectivity index (χ4v) is 2.62. The number of amides is 1. The third-order valence-corrected chi connectivity index (χ3v) is 3.79. The molecule has 1 aliphatic rings. The van der Waals surface area contributed by atoms with Gasteiger partial charge in [-0.2, -0.15) is 5.10 Å². The number of hydrogen-bond acceptors (Lipinski definition) is 5. The molecule has 24 heavy (non-hydrogen) atoms.